The number of rotatable bonds is 5. The molecule has 0 bridgehead atoms. The van der Waals surface area contributed by atoms with Crippen LogP contribution in [0.3, 0.4) is 0 Å². The van der Waals surface area contributed by atoms with Gasteiger partial charge in [0.2, 0.25) is 0 Å². The van der Waals surface area contributed by atoms with Gasteiger partial charge in [-0.3, -0.25) is 0 Å². The van der Waals surface area contributed by atoms with E-state index in [0.29, 0.717) is 23.7 Å². The standard InChI is InChI=1S/C13H13N3O4/c1-2-19-12(18)6-20-9-3-4-10(11(17)5-9)13-15-7-14-8-16-13/h3-5,7-8,17H,2,6H2,1H3. The molecule has 0 aliphatic heterocycles. The Hall–Kier alpha value is -2.70. The van der Waals surface area contributed by atoms with Crippen molar-refractivity contribution in [3.05, 3.63) is 30.9 Å². The minimum Gasteiger partial charge on any atom is -0.507 e. The molecule has 0 spiro atoms. The number of phenolic OH excluding ortho intramolecular Hbond substituents is 1. The van der Waals surface area contributed by atoms with E-state index in [4.69, 9.17) is 9.47 Å². The number of benzene rings is 1. The van der Waals surface area contributed by atoms with E-state index in [0.717, 1.165) is 0 Å². The molecular formula is C13H13N3O4. The van der Waals surface area contributed by atoms with E-state index < -0.39 is 5.97 Å². The highest BCUT2D eigenvalue weighted by molar-refractivity contribution is 5.71. The van der Waals surface area contributed by atoms with Crippen LogP contribution in [0.4, 0.5) is 0 Å². The molecule has 1 aromatic carbocycles. The number of ether oxygens (including phenoxy) is 2. The number of aromatic nitrogens is 3. The minimum atomic E-state index is -0.464. The molecule has 0 amide bonds. The molecule has 0 aliphatic rings. The lowest BCUT2D eigenvalue weighted by Crippen LogP contribution is -2.14. The van der Waals surface area contributed by atoms with Gasteiger partial charge in [0.15, 0.2) is 12.4 Å². The molecule has 0 unspecified atom stereocenters. The topological polar surface area (TPSA) is 94.4 Å². The third-order valence-corrected chi connectivity index (χ3v) is 2.37. The molecular weight excluding hydrogens is 262 g/mol. The van der Waals surface area contributed by atoms with Crippen LogP contribution in [0, 0.1) is 0 Å². The SMILES string of the molecule is CCOC(=O)COc1ccc(-c2ncncn2)c(O)c1. The Kier molecular flexibility index (Phi) is 4.43. The van der Waals surface area contributed by atoms with Crippen LogP contribution in [-0.2, 0) is 9.53 Å². The van der Waals surface area contributed by atoms with Crippen molar-refractivity contribution < 1.29 is 19.4 Å². The first-order valence-corrected chi connectivity index (χ1v) is 5.94. The van der Waals surface area contributed by atoms with Gasteiger partial charge in [-0.2, -0.15) is 0 Å². The summed E-state index contributed by atoms with van der Waals surface area (Å²) in [6.45, 7) is 1.80. The molecule has 1 aromatic heterocycles. The molecule has 0 saturated carbocycles. The fourth-order valence-corrected chi connectivity index (χ4v) is 1.51. The summed E-state index contributed by atoms with van der Waals surface area (Å²) in [6.07, 6.45) is 2.68. The summed E-state index contributed by atoms with van der Waals surface area (Å²) in [7, 11) is 0. The zero-order chi connectivity index (χ0) is 14.4. The lowest BCUT2D eigenvalue weighted by atomic mass is 10.2. The zero-order valence-electron chi connectivity index (χ0n) is 10.8. The molecule has 0 aliphatic carbocycles. The lowest BCUT2D eigenvalue weighted by molar-refractivity contribution is -0.145. The molecule has 20 heavy (non-hydrogen) atoms. The van der Waals surface area contributed by atoms with Gasteiger partial charge in [0.05, 0.1) is 12.2 Å². The highest BCUT2D eigenvalue weighted by Crippen LogP contribution is 2.29. The van der Waals surface area contributed by atoms with Gasteiger partial charge in [0.25, 0.3) is 0 Å². The van der Waals surface area contributed by atoms with Crippen molar-refractivity contribution in [2.75, 3.05) is 13.2 Å². The fraction of sp³-hybridized carbons (Fsp3) is 0.231. The summed E-state index contributed by atoms with van der Waals surface area (Å²) >= 11 is 0. The second kappa shape index (κ2) is 6.46. The van der Waals surface area contributed by atoms with Crippen molar-refractivity contribution in [3.63, 3.8) is 0 Å². The molecule has 0 saturated heterocycles. The maximum absolute atomic E-state index is 11.2. The van der Waals surface area contributed by atoms with Crippen LogP contribution in [0.5, 0.6) is 11.5 Å². The van der Waals surface area contributed by atoms with Crippen LogP contribution in [0.2, 0.25) is 0 Å². The molecule has 0 radical (unpaired) electrons. The van der Waals surface area contributed by atoms with Crippen LogP contribution in [0.15, 0.2) is 30.9 Å². The summed E-state index contributed by atoms with van der Waals surface area (Å²) in [5, 5.41) is 9.92. The highest BCUT2D eigenvalue weighted by atomic mass is 16.6. The van der Waals surface area contributed by atoms with Crippen LogP contribution >= 0.6 is 0 Å². The number of phenols is 1. The number of esters is 1. The van der Waals surface area contributed by atoms with Gasteiger partial charge in [-0.25, -0.2) is 19.7 Å². The molecule has 2 rings (SSSR count). The Morgan fingerprint density at radius 3 is 2.70 bits per heavy atom. The van der Waals surface area contributed by atoms with Gasteiger partial charge in [-0.05, 0) is 19.1 Å². The van der Waals surface area contributed by atoms with Gasteiger partial charge in [-0.15, -0.1) is 0 Å². The van der Waals surface area contributed by atoms with Gasteiger partial charge in [-0.1, -0.05) is 0 Å². The van der Waals surface area contributed by atoms with Crippen molar-refractivity contribution in [3.8, 4) is 22.9 Å². The minimum absolute atomic E-state index is 0.0439. The maximum Gasteiger partial charge on any atom is 0.344 e. The first-order chi connectivity index (χ1) is 9.70. The largest absolute Gasteiger partial charge is 0.507 e. The van der Waals surface area contributed by atoms with Gasteiger partial charge >= 0.3 is 5.97 Å². The summed E-state index contributed by atoms with van der Waals surface area (Å²) in [4.78, 5) is 22.7. The monoisotopic (exact) mass is 275 g/mol. The highest BCUT2D eigenvalue weighted by Gasteiger charge is 2.09. The smallest absolute Gasteiger partial charge is 0.344 e. The summed E-state index contributed by atoms with van der Waals surface area (Å²) in [6, 6.07) is 4.60. The van der Waals surface area contributed by atoms with Crippen LogP contribution in [0.1, 0.15) is 6.92 Å². The van der Waals surface area contributed by atoms with E-state index in [1.165, 1.54) is 18.7 Å². The molecule has 0 atom stereocenters. The summed E-state index contributed by atoms with van der Waals surface area (Å²) in [5.74, 6) is 0.203. The van der Waals surface area contributed by atoms with Gasteiger partial charge < -0.3 is 14.6 Å². The third kappa shape index (κ3) is 3.41. The Balaban J connectivity index is 2.08. The molecule has 7 heteroatoms. The molecule has 1 heterocycles. The molecule has 0 fully saturated rings. The Morgan fingerprint density at radius 2 is 2.05 bits per heavy atom. The number of carbonyl (C=O) groups is 1. The summed E-state index contributed by atoms with van der Waals surface area (Å²) in [5.41, 5.74) is 0.455. The Labute approximate surface area is 115 Å². The van der Waals surface area contributed by atoms with Gasteiger partial charge in [0.1, 0.15) is 24.2 Å². The van der Waals surface area contributed by atoms with Crippen LogP contribution < -0.4 is 4.74 Å². The number of nitrogens with zero attached hydrogens (tertiary/aromatic N) is 3. The molecule has 2 aromatic rings. The van der Waals surface area contributed by atoms with Crippen molar-refractivity contribution in [2.45, 2.75) is 6.92 Å². The number of carbonyl (C=O) groups excluding carboxylic acids is 1. The predicted octanol–water partition coefficient (Wildman–Crippen LogP) is 1.19. The number of hydrogen-bond donors (Lipinski definition) is 1. The Morgan fingerprint density at radius 1 is 1.30 bits per heavy atom. The van der Waals surface area contributed by atoms with Crippen molar-refractivity contribution >= 4 is 5.97 Å². The second-order valence-corrected chi connectivity index (χ2v) is 3.73. The average Bonchev–Trinajstić information content (AvgIpc) is 2.46. The molecule has 7 nitrogen and oxygen atoms in total. The van der Waals surface area contributed by atoms with Crippen LogP contribution in [-0.4, -0.2) is 39.2 Å². The first-order valence-electron chi connectivity index (χ1n) is 5.94. The Bertz CT molecular complexity index is 589. The normalized spacial score (nSPS) is 10.1. The summed E-state index contributed by atoms with van der Waals surface area (Å²) < 4.78 is 9.94. The maximum atomic E-state index is 11.2. The number of aromatic hydroxyl groups is 1. The van der Waals surface area contributed by atoms with Gasteiger partial charge in [0, 0.05) is 6.07 Å². The average molecular weight is 275 g/mol. The third-order valence-electron chi connectivity index (χ3n) is 2.37. The van der Waals surface area contributed by atoms with Crippen molar-refractivity contribution in [2.24, 2.45) is 0 Å². The van der Waals surface area contributed by atoms with Crippen LogP contribution in [0.25, 0.3) is 11.4 Å². The lowest BCUT2D eigenvalue weighted by Gasteiger charge is -2.08. The number of hydrogen-bond acceptors (Lipinski definition) is 7. The van der Waals surface area contributed by atoms with Crippen molar-refractivity contribution in [1.29, 1.82) is 0 Å². The second-order valence-electron chi connectivity index (χ2n) is 3.73. The predicted molar refractivity (Wildman–Crippen MR) is 69.1 cm³/mol. The fourth-order valence-electron chi connectivity index (χ4n) is 1.51. The zero-order valence-corrected chi connectivity index (χ0v) is 10.8. The van der Waals surface area contributed by atoms with Crippen molar-refractivity contribution in [1.82, 2.24) is 15.0 Å². The van der Waals surface area contributed by atoms with E-state index >= 15 is 0 Å². The van der Waals surface area contributed by atoms with E-state index in [1.807, 2.05) is 0 Å². The van der Waals surface area contributed by atoms with E-state index in [9.17, 15) is 9.90 Å². The molecule has 104 valence electrons. The quantitative estimate of drug-likeness (QED) is 0.819. The molecule has 1 N–H and O–H groups in total. The van der Waals surface area contributed by atoms with E-state index in [2.05, 4.69) is 15.0 Å². The van der Waals surface area contributed by atoms with E-state index in [1.54, 1.807) is 19.1 Å². The van der Waals surface area contributed by atoms with E-state index in [-0.39, 0.29) is 12.4 Å². The first kappa shape index (κ1) is 13.7.